The molecule has 0 bridgehead atoms. The average molecular weight is 505 g/mol. The van der Waals surface area contributed by atoms with Crippen LogP contribution in [-0.2, 0) is 18.8 Å². The van der Waals surface area contributed by atoms with E-state index >= 15 is 0 Å². The Morgan fingerprint density at radius 3 is 2.37 bits per heavy atom. The summed E-state index contributed by atoms with van der Waals surface area (Å²) < 4.78 is 12.3. The summed E-state index contributed by atoms with van der Waals surface area (Å²) in [6, 6.07) is 0. The molecular formula is C30H52O4Si. The summed E-state index contributed by atoms with van der Waals surface area (Å²) in [5.41, 5.74) is 0.406. The van der Waals surface area contributed by atoms with Crippen LogP contribution < -0.4 is 0 Å². The average Bonchev–Trinajstić information content (AvgIpc) is 3.02. The van der Waals surface area contributed by atoms with Gasteiger partial charge in [0.05, 0.1) is 6.61 Å². The van der Waals surface area contributed by atoms with Crippen molar-refractivity contribution in [1.82, 2.24) is 0 Å². The SMILES string of the molecule is CC(=O)OC[C@H](C)[C@H]1CC(=O)[C@H]2[C@@H]3CC[C@H]4C[C@@H](O[Si](C)(C)C(C)(C)C)CC[C@]4(C)[C@H]3CC[C@]12C. The minimum atomic E-state index is -1.75. The first kappa shape index (κ1) is 27.4. The number of ketones is 1. The van der Waals surface area contributed by atoms with Gasteiger partial charge in [-0.1, -0.05) is 41.5 Å². The second kappa shape index (κ2) is 9.25. The Balaban J connectivity index is 1.48. The van der Waals surface area contributed by atoms with Gasteiger partial charge in [-0.05, 0) is 103 Å². The third kappa shape index (κ3) is 4.71. The summed E-state index contributed by atoms with van der Waals surface area (Å²) in [7, 11) is -1.75. The maximum absolute atomic E-state index is 13.6. The van der Waals surface area contributed by atoms with E-state index in [1.807, 2.05) is 0 Å². The molecule has 0 amide bonds. The van der Waals surface area contributed by atoms with Crippen LogP contribution in [0.15, 0.2) is 0 Å². The van der Waals surface area contributed by atoms with Crippen molar-refractivity contribution in [1.29, 1.82) is 0 Å². The van der Waals surface area contributed by atoms with Gasteiger partial charge in [0, 0.05) is 25.4 Å². The number of carbonyl (C=O) groups is 2. The highest BCUT2D eigenvalue weighted by Gasteiger charge is 2.63. The van der Waals surface area contributed by atoms with E-state index in [-0.39, 0.29) is 28.3 Å². The number of hydrogen-bond acceptors (Lipinski definition) is 4. The number of ether oxygens (including phenoxy) is 1. The summed E-state index contributed by atoms with van der Waals surface area (Å²) >= 11 is 0. The molecule has 0 saturated heterocycles. The van der Waals surface area contributed by atoms with Crippen LogP contribution in [-0.4, -0.2) is 32.8 Å². The van der Waals surface area contributed by atoms with E-state index in [1.165, 1.54) is 45.4 Å². The summed E-state index contributed by atoms with van der Waals surface area (Å²) in [5, 5.41) is 0.255. The first-order valence-electron chi connectivity index (χ1n) is 14.4. The number of hydrogen-bond donors (Lipinski definition) is 0. The molecule has 5 heteroatoms. The molecule has 4 fully saturated rings. The zero-order valence-corrected chi connectivity index (χ0v) is 25.0. The highest BCUT2D eigenvalue weighted by Crippen LogP contribution is 2.67. The molecule has 0 aromatic carbocycles. The van der Waals surface area contributed by atoms with Crippen molar-refractivity contribution in [2.24, 2.45) is 46.3 Å². The second-order valence-corrected chi connectivity index (χ2v) is 19.7. The summed E-state index contributed by atoms with van der Waals surface area (Å²) in [5.74, 6) is 2.98. The van der Waals surface area contributed by atoms with Gasteiger partial charge < -0.3 is 9.16 Å². The number of carbonyl (C=O) groups excluding carboxylic acids is 2. The normalized spacial score (nSPS) is 42.6. The zero-order valence-electron chi connectivity index (χ0n) is 24.0. The van der Waals surface area contributed by atoms with Crippen LogP contribution in [0.1, 0.15) is 99.8 Å². The Bertz CT molecular complexity index is 831. The Morgan fingerprint density at radius 1 is 1.09 bits per heavy atom. The van der Waals surface area contributed by atoms with E-state index in [9.17, 15) is 9.59 Å². The number of Topliss-reactive ketones (excluding diaryl/α,β-unsaturated/α-hetero) is 1. The highest BCUT2D eigenvalue weighted by atomic mass is 28.4. The smallest absolute Gasteiger partial charge is 0.302 e. The van der Waals surface area contributed by atoms with Gasteiger partial charge in [-0.15, -0.1) is 0 Å². The van der Waals surface area contributed by atoms with Gasteiger partial charge in [0.15, 0.2) is 8.32 Å². The predicted molar refractivity (Wildman–Crippen MR) is 143 cm³/mol. The van der Waals surface area contributed by atoms with Crippen molar-refractivity contribution < 1.29 is 18.8 Å². The maximum Gasteiger partial charge on any atom is 0.302 e. The number of esters is 1. The lowest BCUT2D eigenvalue weighted by Crippen LogP contribution is -2.56. The maximum atomic E-state index is 13.6. The quantitative estimate of drug-likeness (QED) is 0.289. The van der Waals surface area contributed by atoms with E-state index in [0.29, 0.717) is 48.1 Å². The standard InChI is InChI=1S/C30H52O4Si/c1-19(18-33-20(2)31)25-17-26(32)27-23-11-10-21-16-22(34-35(8,9)28(3,4)5)12-14-29(21,6)24(23)13-15-30(25,27)7/h19,21-25,27H,10-18H2,1-9H3/t19-,21-,22-,23+,24-,25+,27+,29-,30+/m0/s1. The molecule has 0 N–H and O–H groups in total. The predicted octanol–water partition coefficient (Wildman–Crippen LogP) is 7.41. The molecule has 4 saturated carbocycles. The Kier molecular flexibility index (Phi) is 7.23. The highest BCUT2D eigenvalue weighted by molar-refractivity contribution is 6.74. The molecule has 35 heavy (non-hydrogen) atoms. The fraction of sp³-hybridized carbons (Fsp3) is 0.933. The molecule has 4 aliphatic carbocycles. The van der Waals surface area contributed by atoms with Gasteiger partial charge in [-0.3, -0.25) is 9.59 Å². The fourth-order valence-corrected chi connectivity index (χ4v) is 10.4. The van der Waals surface area contributed by atoms with Crippen LogP contribution >= 0.6 is 0 Å². The molecule has 0 unspecified atom stereocenters. The van der Waals surface area contributed by atoms with E-state index in [4.69, 9.17) is 9.16 Å². The third-order valence-electron chi connectivity index (χ3n) is 11.9. The molecule has 0 spiro atoms. The van der Waals surface area contributed by atoms with Gasteiger partial charge in [0.1, 0.15) is 5.78 Å². The lowest BCUT2D eigenvalue weighted by Gasteiger charge is -2.61. The lowest BCUT2D eigenvalue weighted by atomic mass is 9.44. The summed E-state index contributed by atoms with van der Waals surface area (Å²) in [6.45, 7) is 20.9. The summed E-state index contributed by atoms with van der Waals surface area (Å²) in [6.07, 6.45) is 9.59. The van der Waals surface area contributed by atoms with E-state index in [0.717, 1.165) is 12.3 Å². The van der Waals surface area contributed by atoms with Crippen molar-refractivity contribution in [3.8, 4) is 0 Å². The Morgan fingerprint density at radius 2 is 1.74 bits per heavy atom. The largest absolute Gasteiger partial charge is 0.466 e. The van der Waals surface area contributed by atoms with Crippen molar-refractivity contribution in [2.75, 3.05) is 6.61 Å². The summed E-state index contributed by atoms with van der Waals surface area (Å²) in [4.78, 5) is 25.0. The molecule has 4 aliphatic rings. The molecule has 0 heterocycles. The van der Waals surface area contributed by atoms with Crippen molar-refractivity contribution in [3.63, 3.8) is 0 Å². The molecule has 0 aliphatic heterocycles. The molecule has 9 atom stereocenters. The van der Waals surface area contributed by atoms with Crippen LogP contribution in [0.2, 0.25) is 18.1 Å². The molecule has 0 aromatic rings. The monoisotopic (exact) mass is 504 g/mol. The topological polar surface area (TPSA) is 52.6 Å². The van der Waals surface area contributed by atoms with Crippen LogP contribution in [0.4, 0.5) is 0 Å². The van der Waals surface area contributed by atoms with Crippen LogP contribution in [0.25, 0.3) is 0 Å². The van der Waals surface area contributed by atoms with Crippen molar-refractivity contribution in [2.45, 2.75) is 124 Å². The van der Waals surface area contributed by atoms with Gasteiger partial charge in [0.25, 0.3) is 0 Å². The van der Waals surface area contributed by atoms with Gasteiger partial charge in [-0.2, -0.15) is 0 Å². The molecule has 200 valence electrons. The molecule has 4 nitrogen and oxygen atoms in total. The van der Waals surface area contributed by atoms with E-state index in [2.05, 4.69) is 54.6 Å². The molecule has 0 radical (unpaired) electrons. The molecule has 4 rings (SSSR count). The van der Waals surface area contributed by atoms with Crippen molar-refractivity contribution >= 4 is 20.1 Å². The third-order valence-corrected chi connectivity index (χ3v) is 16.5. The van der Waals surface area contributed by atoms with Crippen molar-refractivity contribution in [3.05, 3.63) is 0 Å². The second-order valence-electron chi connectivity index (χ2n) is 14.9. The Labute approximate surface area is 215 Å². The number of fused-ring (bicyclic) bond motifs is 5. The van der Waals surface area contributed by atoms with Crippen LogP contribution in [0.3, 0.4) is 0 Å². The van der Waals surface area contributed by atoms with E-state index < -0.39 is 8.32 Å². The minimum Gasteiger partial charge on any atom is -0.466 e. The lowest BCUT2D eigenvalue weighted by molar-refractivity contribution is -0.149. The van der Waals surface area contributed by atoms with Crippen LogP contribution in [0.5, 0.6) is 0 Å². The molecular weight excluding hydrogens is 452 g/mol. The van der Waals surface area contributed by atoms with Crippen LogP contribution in [0, 0.1) is 46.3 Å². The molecule has 0 aromatic heterocycles. The van der Waals surface area contributed by atoms with Gasteiger partial charge >= 0.3 is 5.97 Å². The first-order chi connectivity index (χ1) is 16.1. The van der Waals surface area contributed by atoms with E-state index in [1.54, 1.807) is 0 Å². The zero-order chi connectivity index (χ0) is 26.0. The minimum absolute atomic E-state index is 0.0592. The first-order valence-corrected chi connectivity index (χ1v) is 17.3. The fourth-order valence-electron chi connectivity index (χ4n) is 8.97. The van der Waals surface area contributed by atoms with Gasteiger partial charge in [0.2, 0.25) is 0 Å². The Hall–Kier alpha value is -0.683. The van der Waals surface area contributed by atoms with Gasteiger partial charge in [-0.25, -0.2) is 0 Å². The number of rotatable bonds is 5.